The number of carbonyl (C=O) groups excluding carboxylic acids is 2. The Hall–Kier alpha value is -2.58. The molecule has 1 unspecified atom stereocenters. The Bertz CT molecular complexity index is 996. The first-order valence-electron chi connectivity index (χ1n) is 9.52. The number of hydrogen-bond donors (Lipinski definition) is 3. The monoisotopic (exact) mass is 415 g/mol. The van der Waals surface area contributed by atoms with E-state index in [9.17, 15) is 9.59 Å². The van der Waals surface area contributed by atoms with E-state index in [1.165, 1.54) is 11.3 Å². The van der Waals surface area contributed by atoms with E-state index < -0.39 is 12.0 Å². The van der Waals surface area contributed by atoms with E-state index in [0.29, 0.717) is 28.5 Å². The molecule has 3 heterocycles. The van der Waals surface area contributed by atoms with E-state index in [-0.39, 0.29) is 23.6 Å². The molecule has 0 aliphatic carbocycles. The predicted molar refractivity (Wildman–Crippen MR) is 112 cm³/mol. The molecule has 4 rings (SSSR count). The lowest BCUT2D eigenvalue weighted by atomic mass is 9.81. The molecular weight excluding hydrogens is 390 g/mol. The largest absolute Gasteiger partial charge is 0.485 e. The second-order valence-electron chi connectivity index (χ2n) is 8.64. The molecule has 2 aliphatic heterocycles. The fourth-order valence-electron chi connectivity index (χ4n) is 4.22. The molecule has 0 spiro atoms. The first kappa shape index (κ1) is 19.7. The Morgan fingerprint density at radius 1 is 1.21 bits per heavy atom. The van der Waals surface area contributed by atoms with Gasteiger partial charge in [-0.2, -0.15) is 0 Å². The van der Waals surface area contributed by atoms with Gasteiger partial charge in [-0.3, -0.25) is 9.59 Å². The number of ether oxygens (including phenoxy) is 2. The highest BCUT2D eigenvalue weighted by Crippen LogP contribution is 2.45. The second kappa shape index (κ2) is 6.74. The highest BCUT2D eigenvalue weighted by Gasteiger charge is 2.41. The van der Waals surface area contributed by atoms with Crippen LogP contribution in [0.3, 0.4) is 0 Å². The standard InChI is InChI=1S/C21H25N3O4S/c1-20(2)9-11-15(17(22)25)19(29-16(11)21(3,4)24-20)23-18(26)14-10-27-12-7-5-6-8-13(12)28-14/h5-8,14,24H,9-10H2,1-4H3,(H2,22,25)(H,23,26). The van der Waals surface area contributed by atoms with Gasteiger partial charge in [0.15, 0.2) is 11.5 Å². The van der Waals surface area contributed by atoms with Gasteiger partial charge in [0.1, 0.15) is 11.6 Å². The van der Waals surface area contributed by atoms with Crippen LogP contribution in [0, 0.1) is 0 Å². The highest BCUT2D eigenvalue weighted by molar-refractivity contribution is 7.17. The Kier molecular flexibility index (Phi) is 4.59. The van der Waals surface area contributed by atoms with Crippen LogP contribution in [0.15, 0.2) is 24.3 Å². The van der Waals surface area contributed by atoms with Crippen LogP contribution in [0.2, 0.25) is 0 Å². The summed E-state index contributed by atoms with van der Waals surface area (Å²) in [5, 5.41) is 6.92. The van der Waals surface area contributed by atoms with Crippen molar-refractivity contribution in [1.82, 2.24) is 5.32 Å². The van der Waals surface area contributed by atoms with Crippen molar-refractivity contribution < 1.29 is 19.1 Å². The summed E-state index contributed by atoms with van der Waals surface area (Å²) < 4.78 is 11.4. The summed E-state index contributed by atoms with van der Waals surface area (Å²) in [4.78, 5) is 26.2. The van der Waals surface area contributed by atoms with Gasteiger partial charge in [-0.25, -0.2) is 0 Å². The number of para-hydroxylation sites is 2. The van der Waals surface area contributed by atoms with Crippen molar-refractivity contribution in [2.45, 2.75) is 51.3 Å². The summed E-state index contributed by atoms with van der Waals surface area (Å²) >= 11 is 1.38. The van der Waals surface area contributed by atoms with Gasteiger partial charge < -0.3 is 25.8 Å². The number of rotatable bonds is 3. The van der Waals surface area contributed by atoms with Gasteiger partial charge >= 0.3 is 0 Å². The molecule has 2 aliphatic rings. The molecule has 1 aromatic carbocycles. The lowest BCUT2D eigenvalue weighted by molar-refractivity contribution is -0.125. The van der Waals surface area contributed by atoms with E-state index in [1.807, 2.05) is 12.1 Å². The first-order chi connectivity index (χ1) is 13.6. The van der Waals surface area contributed by atoms with Crippen LogP contribution in [0.25, 0.3) is 0 Å². The molecule has 154 valence electrons. The maximum atomic E-state index is 12.9. The lowest BCUT2D eigenvalue weighted by Gasteiger charge is -2.42. The zero-order valence-corrected chi connectivity index (χ0v) is 17.7. The van der Waals surface area contributed by atoms with E-state index in [0.717, 1.165) is 10.4 Å². The summed E-state index contributed by atoms with van der Waals surface area (Å²) in [6, 6.07) is 7.20. The van der Waals surface area contributed by atoms with E-state index in [4.69, 9.17) is 15.2 Å². The number of primary amides is 1. The second-order valence-corrected chi connectivity index (χ2v) is 9.66. The molecule has 2 aromatic rings. The molecule has 1 atom stereocenters. The molecule has 0 saturated carbocycles. The molecule has 2 amide bonds. The van der Waals surface area contributed by atoms with Gasteiger partial charge in [0.05, 0.1) is 5.56 Å². The van der Waals surface area contributed by atoms with Crippen LogP contribution < -0.4 is 25.8 Å². The van der Waals surface area contributed by atoms with E-state index in [2.05, 4.69) is 38.3 Å². The molecule has 0 radical (unpaired) electrons. The zero-order valence-electron chi connectivity index (χ0n) is 16.9. The molecule has 8 heteroatoms. The molecule has 0 fully saturated rings. The maximum Gasteiger partial charge on any atom is 0.269 e. The van der Waals surface area contributed by atoms with E-state index in [1.54, 1.807) is 12.1 Å². The van der Waals surface area contributed by atoms with Crippen molar-refractivity contribution in [3.8, 4) is 11.5 Å². The third kappa shape index (κ3) is 3.58. The Morgan fingerprint density at radius 3 is 2.59 bits per heavy atom. The number of hydrogen-bond acceptors (Lipinski definition) is 6. The molecule has 0 saturated heterocycles. The number of fused-ring (bicyclic) bond motifs is 2. The zero-order chi connectivity index (χ0) is 21.0. The van der Waals surface area contributed by atoms with Crippen LogP contribution in [-0.4, -0.2) is 30.1 Å². The molecule has 7 nitrogen and oxygen atoms in total. The van der Waals surface area contributed by atoms with Gasteiger partial charge in [-0.1, -0.05) is 12.1 Å². The van der Waals surface area contributed by atoms with Crippen LogP contribution in [0.4, 0.5) is 5.00 Å². The number of amides is 2. The number of benzene rings is 1. The number of nitrogens with two attached hydrogens (primary N) is 1. The SMILES string of the molecule is CC1(C)Cc2c(sc(NC(=O)C3COc4ccccc4O3)c2C(N)=O)C(C)(C)N1. The van der Waals surface area contributed by atoms with Crippen LogP contribution in [0.5, 0.6) is 11.5 Å². The summed E-state index contributed by atoms with van der Waals surface area (Å²) in [5.41, 5.74) is 6.46. The fourth-order valence-corrected chi connectivity index (χ4v) is 5.50. The third-order valence-electron chi connectivity index (χ3n) is 5.13. The average molecular weight is 416 g/mol. The molecule has 4 N–H and O–H groups in total. The fraction of sp³-hybridized carbons (Fsp3) is 0.429. The van der Waals surface area contributed by atoms with Crippen molar-refractivity contribution in [1.29, 1.82) is 0 Å². The summed E-state index contributed by atoms with van der Waals surface area (Å²) in [6.07, 6.45) is -0.167. The minimum atomic E-state index is -0.813. The smallest absolute Gasteiger partial charge is 0.269 e. The van der Waals surface area contributed by atoms with Gasteiger partial charge in [0, 0.05) is 16.0 Å². The lowest BCUT2D eigenvalue weighted by Crippen LogP contribution is -2.55. The van der Waals surface area contributed by atoms with E-state index >= 15 is 0 Å². The minimum absolute atomic E-state index is 0.0971. The van der Waals surface area contributed by atoms with Crippen molar-refractivity contribution in [3.05, 3.63) is 40.3 Å². The van der Waals surface area contributed by atoms with Gasteiger partial charge in [-0.05, 0) is 51.8 Å². The summed E-state index contributed by atoms with van der Waals surface area (Å²) in [7, 11) is 0. The first-order valence-corrected chi connectivity index (χ1v) is 10.3. The summed E-state index contributed by atoms with van der Waals surface area (Å²) in [5.74, 6) is 0.214. The molecular formula is C21H25N3O4S. The minimum Gasteiger partial charge on any atom is -0.485 e. The van der Waals surface area contributed by atoms with Crippen LogP contribution in [0.1, 0.15) is 48.5 Å². The van der Waals surface area contributed by atoms with Gasteiger partial charge in [-0.15, -0.1) is 11.3 Å². The Morgan fingerprint density at radius 2 is 1.90 bits per heavy atom. The average Bonchev–Trinajstić information content (AvgIpc) is 2.98. The normalized spacial score (nSPS) is 21.2. The quantitative estimate of drug-likeness (QED) is 0.715. The summed E-state index contributed by atoms with van der Waals surface area (Å²) in [6.45, 7) is 8.40. The van der Waals surface area contributed by atoms with Crippen molar-refractivity contribution in [2.75, 3.05) is 11.9 Å². The number of anilines is 1. The number of nitrogens with one attached hydrogen (secondary N) is 2. The molecule has 29 heavy (non-hydrogen) atoms. The van der Waals surface area contributed by atoms with Crippen molar-refractivity contribution in [3.63, 3.8) is 0 Å². The number of thiophene rings is 1. The van der Waals surface area contributed by atoms with Crippen LogP contribution in [-0.2, 0) is 16.8 Å². The Labute approximate surface area is 173 Å². The third-order valence-corrected chi connectivity index (χ3v) is 6.60. The van der Waals surface area contributed by atoms with Crippen molar-refractivity contribution in [2.24, 2.45) is 5.73 Å². The van der Waals surface area contributed by atoms with Gasteiger partial charge in [0.2, 0.25) is 6.10 Å². The topological polar surface area (TPSA) is 103 Å². The maximum absolute atomic E-state index is 12.9. The highest BCUT2D eigenvalue weighted by atomic mass is 32.1. The van der Waals surface area contributed by atoms with Gasteiger partial charge in [0.25, 0.3) is 11.8 Å². The van der Waals surface area contributed by atoms with Crippen molar-refractivity contribution >= 4 is 28.2 Å². The Balaban J connectivity index is 1.64. The predicted octanol–water partition coefficient (Wildman–Crippen LogP) is 2.78. The van der Waals surface area contributed by atoms with Crippen LogP contribution >= 0.6 is 11.3 Å². The molecule has 0 bridgehead atoms. The number of carbonyl (C=O) groups is 2. The molecule has 1 aromatic heterocycles.